The molecule has 0 saturated carbocycles. The van der Waals surface area contributed by atoms with Gasteiger partial charge < -0.3 is 9.64 Å². The fraction of sp³-hybridized carbons (Fsp3) is 0.625. The van der Waals surface area contributed by atoms with Crippen LogP contribution in [0, 0.1) is 0 Å². The van der Waals surface area contributed by atoms with Crippen LogP contribution >= 0.6 is 0 Å². The van der Waals surface area contributed by atoms with Gasteiger partial charge in [0.2, 0.25) is 0 Å². The summed E-state index contributed by atoms with van der Waals surface area (Å²) >= 11 is 0. The summed E-state index contributed by atoms with van der Waals surface area (Å²) in [6.45, 7) is 1.02. The Hall–Kier alpha value is -1.06. The highest BCUT2D eigenvalue weighted by Crippen LogP contribution is 2.18. The highest BCUT2D eigenvalue weighted by atomic mass is 19.1. The van der Waals surface area contributed by atoms with E-state index in [0.717, 1.165) is 6.42 Å². The Bertz CT molecular complexity index is 233. The normalized spacial score (nSPS) is 23.1. The summed E-state index contributed by atoms with van der Waals surface area (Å²) in [5.41, 5.74) is 0. The molecule has 1 amide bonds. The molecule has 0 radical (unpaired) electrons. The lowest BCUT2D eigenvalue weighted by atomic mass is 10.2. The van der Waals surface area contributed by atoms with E-state index in [-0.39, 0.29) is 19.0 Å². The van der Waals surface area contributed by atoms with Crippen LogP contribution in [0.4, 0.5) is 4.39 Å². The second kappa shape index (κ2) is 2.77. The number of amides is 1. The third-order valence-corrected chi connectivity index (χ3v) is 2.04. The van der Waals surface area contributed by atoms with Crippen LogP contribution in [0.5, 0.6) is 0 Å². The van der Waals surface area contributed by atoms with E-state index in [2.05, 4.69) is 0 Å². The van der Waals surface area contributed by atoms with Gasteiger partial charge in [0.25, 0.3) is 5.91 Å². The minimum atomic E-state index is -0.837. The van der Waals surface area contributed by atoms with Gasteiger partial charge in [-0.1, -0.05) is 0 Å². The lowest BCUT2D eigenvalue weighted by molar-refractivity contribution is -0.137. The quantitative estimate of drug-likeness (QED) is 0.574. The molecule has 2 aliphatic heterocycles. The standard InChI is InChI=1S/C8H10FNO2/c9-6-4-10(5-6)8(11)7-2-1-3-12-7/h2,6H,1,3-5H2. The molecule has 2 rings (SSSR count). The van der Waals surface area contributed by atoms with Gasteiger partial charge in [0.15, 0.2) is 5.76 Å². The maximum atomic E-state index is 12.4. The molecule has 66 valence electrons. The van der Waals surface area contributed by atoms with Crippen LogP contribution in [-0.2, 0) is 9.53 Å². The topological polar surface area (TPSA) is 29.5 Å². The maximum Gasteiger partial charge on any atom is 0.288 e. The summed E-state index contributed by atoms with van der Waals surface area (Å²) < 4.78 is 17.4. The lowest BCUT2D eigenvalue weighted by Gasteiger charge is -2.34. The van der Waals surface area contributed by atoms with Gasteiger partial charge in [-0.3, -0.25) is 4.79 Å². The highest BCUT2D eigenvalue weighted by molar-refractivity contribution is 5.92. The number of halogens is 1. The van der Waals surface area contributed by atoms with E-state index < -0.39 is 6.17 Å². The number of nitrogens with zero attached hydrogens (tertiary/aromatic N) is 1. The Labute approximate surface area is 69.8 Å². The minimum absolute atomic E-state index is 0.165. The molecule has 0 aromatic carbocycles. The highest BCUT2D eigenvalue weighted by Gasteiger charge is 2.33. The second-order valence-corrected chi connectivity index (χ2v) is 3.01. The van der Waals surface area contributed by atoms with E-state index in [1.807, 2.05) is 0 Å². The molecule has 1 fully saturated rings. The zero-order chi connectivity index (χ0) is 8.55. The average Bonchev–Trinajstić information content (AvgIpc) is 2.49. The first-order chi connectivity index (χ1) is 5.77. The van der Waals surface area contributed by atoms with Crippen molar-refractivity contribution in [1.29, 1.82) is 0 Å². The van der Waals surface area contributed by atoms with Gasteiger partial charge in [-0.2, -0.15) is 0 Å². The minimum Gasteiger partial charge on any atom is -0.488 e. The predicted octanol–water partition coefficient (Wildman–Crippen LogP) is 0.471. The number of likely N-dealkylation sites (tertiary alicyclic amines) is 1. The lowest BCUT2D eigenvalue weighted by Crippen LogP contribution is -2.51. The third-order valence-electron chi connectivity index (χ3n) is 2.04. The smallest absolute Gasteiger partial charge is 0.288 e. The van der Waals surface area contributed by atoms with Crippen molar-refractivity contribution in [2.45, 2.75) is 12.6 Å². The van der Waals surface area contributed by atoms with Gasteiger partial charge in [-0.25, -0.2) is 4.39 Å². The molecule has 4 heteroatoms. The second-order valence-electron chi connectivity index (χ2n) is 3.01. The van der Waals surface area contributed by atoms with Crippen molar-refractivity contribution in [1.82, 2.24) is 4.90 Å². The molecule has 0 spiro atoms. The first-order valence-corrected chi connectivity index (χ1v) is 4.03. The summed E-state index contributed by atoms with van der Waals surface area (Å²) in [6.07, 6.45) is 1.71. The number of carbonyl (C=O) groups excluding carboxylic acids is 1. The third kappa shape index (κ3) is 1.17. The van der Waals surface area contributed by atoms with E-state index in [1.165, 1.54) is 4.90 Å². The molecular weight excluding hydrogens is 161 g/mol. The van der Waals surface area contributed by atoms with Crippen LogP contribution < -0.4 is 0 Å². The van der Waals surface area contributed by atoms with Gasteiger partial charge in [0.1, 0.15) is 6.17 Å². The van der Waals surface area contributed by atoms with E-state index in [0.29, 0.717) is 12.4 Å². The van der Waals surface area contributed by atoms with Crippen molar-refractivity contribution in [3.8, 4) is 0 Å². The summed E-state index contributed by atoms with van der Waals surface area (Å²) in [5.74, 6) is 0.225. The van der Waals surface area contributed by atoms with Crippen LogP contribution in [0.2, 0.25) is 0 Å². The van der Waals surface area contributed by atoms with E-state index in [9.17, 15) is 9.18 Å². The first-order valence-electron chi connectivity index (χ1n) is 4.03. The monoisotopic (exact) mass is 171 g/mol. The maximum absolute atomic E-state index is 12.4. The molecule has 12 heavy (non-hydrogen) atoms. The Balaban J connectivity index is 1.92. The SMILES string of the molecule is O=C(C1=CCCO1)N1CC(F)C1. The molecular formula is C8H10FNO2. The first kappa shape index (κ1) is 7.58. The Morgan fingerprint density at radius 3 is 2.92 bits per heavy atom. The molecule has 0 aliphatic carbocycles. The number of alkyl halides is 1. The van der Waals surface area contributed by atoms with Crippen LogP contribution in [0.25, 0.3) is 0 Å². The molecule has 0 aromatic heterocycles. The van der Waals surface area contributed by atoms with Crippen LogP contribution in [0.3, 0.4) is 0 Å². The Kier molecular flexibility index (Phi) is 1.75. The molecule has 0 aromatic rings. The van der Waals surface area contributed by atoms with Crippen molar-refractivity contribution >= 4 is 5.91 Å². The van der Waals surface area contributed by atoms with Crippen molar-refractivity contribution in [2.24, 2.45) is 0 Å². The van der Waals surface area contributed by atoms with Gasteiger partial charge in [-0.15, -0.1) is 0 Å². The van der Waals surface area contributed by atoms with Gasteiger partial charge in [0.05, 0.1) is 19.7 Å². The average molecular weight is 171 g/mol. The molecule has 3 nitrogen and oxygen atoms in total. The fourth-order valence-electron chi connectivity index (χ4n) is 1.31. The van der Waals surface area contributed by atoms with Crippen molar-refractivity contribution in [2.75, 3.05) is 19.7 Å². The zero-order valence-electron chi connectivity index (χ0n) is 6.62. The van der Waals surface area contributed by atoms with Gasteiger partial charge in [0, 0.05) is 6.42 Å². The van der Waals surface area contributed by atoms with Gasteiger partial charge >= 0.3 is 0 Å². The molecule has 2 heterocycles. The van der Waals surface area contributed by atoms with Gasteiger partial charge in [-0.05, 0) is 6.08 Å². The largest absolute Gasteiger partial charge is 0.488 e. The summed E-state index contributed by atoms with van der Waals surface area (Å²) in [7, 11) is 0. The predicted molar refractivity (Wildman–Crippen MR) is 40.1 cm³/mol. The van der Waals surface area contributed by atoms with E-state index in [4.69, 9.17) is 4.74 Å². The molecule has 0 bridgehead atoms. The van der Waals surface area contributed by atoms with Crippen LogP contribution in [0.1, 0.15) is 6.42 Å². The number of hydrogen-bond donors (Lipinski definition) is 0. The molecule has 2 aliphatic rings. The van der Waals surface area contributed by atoms with E-state index >= 15 is 0 Å². The van der Waals surface area contributed by atoms with E-state index in [1.54, 1.807) is 6.08 Å². The van der Waals surface area contributed by atoms with Crippen molar-refractivity contribution < 1.29 is 13.9 Å². The number of rotatable bonds is 1. The molecule has 1 saturated heterocycles. The van der Waals surface area contributed by atoms with Crippen LogP contribution in [0.15, 0.2) is 11.8 Å². The zero-order valence-corrected chi connectivity index (χ0v) is 6.62. The number of carbonyl (C=O) groups is 1. The number of ether oxygens (including phenoxy) is 1. The summed E-state index contributed by atoms with van der Waals surface area (Å²) in [4.78, 5) is 12.8. The van der Waals surface area contributed by atoms with Crippen molar-refractivity contribution in [3.63, 3.8) is 0 Å². The Morgan fingerprint density at radius 1 is 1.67 bits per heavy atom. The fourth-order valence-corrected chi connectivity index (χ4v) is 1.31. The number of hydrogen-bond acceptors (Lipinski definition) is 2. The summed E-state index contributed by atoms with van der Waals surface area (Å²) in [6, 6.07) is 0. The molecule has 0 atom stereocenters. The van der Waals surface area contributed by atoms with Crippen LogP contribution in [-0.4, -0.2) is 36.7 Å². The molecule has 0 unspecified atom stereocenters. The Morgan fingerprint density at radius 2 is 2.42 bits per heavy atom. The molecule has 0 N–H and O–H groups in total. The summed E-state index contributed by atoms with van der Waals surface area (Å²) in [5, 5.41) is 0. The van der Waals surface area contributed by atoms with Crippen molar-refractivity contribution in [3.05, 3.63) is 11.8 Å².